The van der Waals surface area contributed by atoms with Gasteiger partial charge in [-0.3, -0.25) is 4.79 Å². The van der Waals surface area contributed by atoms with E-state index in [0.29, 0.717) is 19.6 Å². The maximum atomic E-state index is 12.3. The van der Waals surface area contributed by atoms with Gasteiger partial charge in [0.15, 0.2) is 0 Å². The van der Waals surface area contributed by atoms with Gasteiger partial charge in [-0.05, 0) is 19.1 Å². The van der Waals surface area contributed by atoms with Crippen LogP contribution in [0.2, 0.25) is 0 Å². The van der Waals surface area contributed by atoms with Crippen molar-refractivity contribution >= 4 is 17.7 Å². The number of ether oxygens (including phenoxy) is 1. The second-order valence-corrected chi connectivity index (χ2v) is 5.30. The number of thioether (sulfide) groups is 1. The molecule has 1 rings (SSSR count). The minimum atomic E-state index is -0.791. The minimum absolute atomic E-state index is 0.0194. The lowest BCUT2D eigenvalue weighted by molar-refractivity contribution is -0.137. The number of hydrogen-bond acceptors (Lipinski definition) is 4. The van der Waals surface area contributed by atoms with Crippen LogP contribution in [0.1, 0.15) is 19.8 Å². The SMILES string of the molecule is CCC(CSC)N(C)C(=O)C1(N)CCOC1. The number of nitrogens with two attached hydrogens (primary N) is 1. The summed E-state index contributed by atoms with van der Waals surface area (Å²) in [5.41, 5.74) is 5.28. The Morgan fingerprint density at radius 3 is 2.81 bits per heavy atom. The van der Waals surface area contributed by atoms with Crippen molar-refractivity contribution in [3.05, 3.63) is 0 Å². The summed E-state index contributed by atoms with van der Waals surface area (Å²) >= 11 is 1.76. The monoisotopic (exact) mass is 246 g/mol. The zero-order chi connectivity index (χ0) is 12.2. The topological polar surface area (TPSA) is 55.6 Å². The first-order chi connectivity index (χ1) is 7.55. The summed E-state index contributed by atoms with van der Waals surface area (Å²) in [4.78, 5) is 14.1. The van der Waals surface area contributed by atoms with Crippen LogP contribution in [0.25, 0.3) is 0 Å². The molecule has 5 heteroatoms. The van der Waals surface area contributed by atoms with Crippen LogP contribution in [0.15, 0.2) is 0 Å². The molecule has 1 fully saturated rings. The fourth-order valence-electron chi connectivity index (χ4n) is 1.96. The van der Waals surface area contributed by atoms with E-state index in [1.54, 1.807) is 16.7 Å². The van der Waals surface area contributed by atoms with Crippen molar-refractivity contribution in [2.45, 2.75) is 31.3 Å². The Morgan fingerprint density at radius 1 is 1.69 bits per heavy atom. The van der Waals surface area contributed by atoms with Crippen LogP contribution in [-0.2, 0) is 9.53 Å². The molecule has 0 aromatic heterocycles. The number of carbonyl (C=O) groups is 1. The van der Waals surface area contributed by atoms with Gasteiger partial charge in [0, 0.05) is 25.4 Å². The molecule has 0 aliphatic carbocycles. The van der Waals surface area contributed by atoms with Gasteiger partial charge in [0.1, 0.15) is 5.54 Å². The van der Waals surface area contributed by atoms with E-state index in [9.17, 15) is 4.79 Å². The molecule has 1 saturated heterocycles. The predicted molar refractivity (Wildman–Crippen MR) is 67.6 cm³/mol. The lowest BCUT2D eigenvalue weighted by Crippen LogP contribution is -2.57. The van der Waals surface area contributed by atoms with E-state index in [0.717, 1.165) is 12.2 Å². The zero-order valence-corrected chi connectivity index (χ0v) is 11.2. The number of hydrogen-bond donors (Lipinski definition) is 1. The fraction of sp³-hybridized carbons (Fsp3) is 0.909. The highest BCUT2D eigenvalue weighted by Gasteiger charge is 2.41. The molecular weight excluding hydrogens is 224 g/mol. The summed E-state index contributed by atoms with van der Waals surface area (Å²) in [6.45, 7) is 3.04. The standard InChI is InChI=1S/C11H22N2O2S/c1-4-9(7-16-3)13(2)10(14)11(12)5-6-15-8-11/h9H,4-8,12H2,1-3H3. The van der Waals surface area contributed by atoms with Crippen LogP contribution in [0.4, 0.5) is 0 Å². The van der Waals surface area contributed by atoms with Gasteiger partial charge < -0.3 is 15.4 Å². The molecule has 0 bridgehead atoms. The third-order valence-corrected chi connectivity index (χ3v) is 3.89. The summed E-state index contributed by atoms with van der Waals surface area (Å²) in [6.07, 6.45) is 3.64. The van der Waals surface area contributed by atoms with E-state index in [1.807, 2.05) is 7.05 Å². The Morgan fingerprint density at radius 2 is 2.38 bits per heavy atom. The summed E-state index contributed by atoms with van der Waals surface area (Å²) < 4.78 is 5.23. The number of amides is 1. The van der Waals surface area contributed by atoms with Gasteiger partial charge >= 0.3 is 0 Å². The molecule has 0 aromatic carbocycles. The van der Waals surface area contributed by atoms with Crippen molar-refractivity contribution in [1.29, 1.82) is 0 Å². The number of likely N-dealkylation sites (N-methyl/N-ethyl adjacent to an activating group) is 1. The van der Waals surface area contributed by atoms with Crippen molar-refractivity contribution in [2.75, 3.05) is 32.3 Å². The maximum Gasteiger partial charge on any atom is 0.245 e. The second-order valence-electron chi connectivity index (χ2n) is 4.39. The molecule has 16 heavy (non-hydrogen) atoms. The number of nitrogens with zero attached hydrogens (tertiary/aromatic N) is 1. The summed E-state index contributed by atoms with van der Waals surface area (Å²) in [5, 5.41) is 0. The highest BCUT2D eigenvalue weighted by Crippen LogP contribution is 2.20. The average Bonchev–Trinajstić information content (AvgIpc) is 2.72. The van der Waals surface area contributed by atoms with E-state index in [4.69, 9.17) is 10.5 Å². The molecule has 4 nitrogen and oxygen atoms in total. The average molecular weight is 246 g/mol. The Kier molecular flexibility index (Phi) is 5.08. The Labute approximate surface area is 102 Å². The third kappa shape index (κ3) is 2.90. The lowest BCUT2D eigenvalue weighted by atomic mass is 9.97. The fourth-order valence-corrected chi connectivity index (χ4v) is 2.81. The van der Waals surface area contributed by atoms with E-state index >= 15 is 0 Å². The molecule has 1 aliphatic heterocycles. The first kappa shape index (κ1) is 13.8. The molecule has 1 heterocycles. The van der Waals surface area contributed by atoms with Crippen LogP contribution in [0, 0.1) is 0 Å². The summed E-state index contributed by atoms with van der Waals surface area (Å²) in [5.74, 6) is 0.973. The molecular formula is C11H22N2O2S. The van der Waals surface area contributed by atoms with E-state index < -0.39 is 5.54 Å². The Bertz CT molecular complexity index is 242. The predicted octanol–water partition coefficient (Wildman–Crippen LogP) is 0.704. The minimum Gasteiger partial charge on any atom is -0.379 e. The van der Waals surface area contributed by atoms with E-state index in [-0.39, 0.29) is 11.9 Å². The molecule has 0 radical (unpaired) electrons. The van der Waals surface area contributed by atoms with Gasteiger partial charge in [-0.25, -0.2) is 0 Å². The quantitative estimate of drug-likeness (QED) is 0.776. The third-order valence-electron chi connectivity index (χ3n) is 3.18. The van der Waals surface area contributed by atoms with Crippen molar-refractivity contribution < 1.29 is 9.53 Å². The van der Waals surface area contributed by atoms with Crippen molar-refractivity contribution in [2.24, 2.45) is 5.73 Å². The molecule has 2 unspecified atom stereocenters. The Balaban J connectivity index is 2.64. The van der Waals surface area contributed by atoms with Crippen molar-refractivity contribution in [3.63, 3.8) is 0 Å². The molecule has 0 aromatic rings. The van der Waals surface area contributed by atoms with Gasteiger partial charge in [0.2, 0.25) is 5.91 Å². The van der Waals surface area contributed by atoms with E-state index in [2.05, 4.69) is 13.2 Å². The highest BCUT2D eigenvalue weighted by atomic mass is 32.2. The first-order valence-electron chi connectivity index (χ1n) is 5.68. The van der Waals surface area contributed by atoms with Crippen LogP contribution >= 0.6 is 11.8 Å². The second kappa shape index (κ2) is 5.89. The largest absolute Gasteiger partial charge is 0.379 e. The van der Waals surface area contributed by atoms with Gasteiger partial charge in [-0.1, -0.05) is 6.92 Å². The molecule has 1 aliphatic rings. The molecule has 94 valence electrons. The molecule has 0 spiro atoms. The summed E-state index contributed by atoms with van der Waals surface area (Å²) in [6, 6.07) is 0.267. The van der Waals surface area contributed by atoms with Gasteiger partial charge in [-0.2, -0.15) is 11.8 Å². The van der Waals surface area contributed by atoms with Crippen molar-refractivity contribution in [1.82, 2.24) is 4.90 Å². The van der Waals surface area contributed by atoms with Crippen LogP contribution in [-0.4, -0.2) is 54.7 Å². The highest BCUT2D eigenvalue weighted by molar-refractivity contribution is 7.98. The lowest BCUT2D eigenvalue weighted by Gasteiger charge is -2.33. The molecule has 1 amide bonds. The van der Waals surface area contributed by atoms with E-state index in [1.165, 1.54) is 0 Å². The van der Waals surface area contributed by atoms with Gasteiger partial charge in [-0.15, -0.1) is 0 Å². The Hall–Kier alpha value is -0.260. The van der Waals surface area contributed by atoms with Crippen molar-refractivity contribution in [3.8, 4) is 0 Å². The molecule has 2 atom stereocenters. The normalized spacial score (nSPS) is 26.8. The molecule has 0 saturated carbocycles. The van der Waals surface area contributed by atoms with Crippen LogP contribution in [0.5, 0.6) is 0 Å². The summed E-state index contributed by atoms with van der Waals surface area (Å²) in [7, 11) is 1.85. The van der Waals surface area contributed by atoms with Crippen LogP contribution < -0.4 is 5.73 Å². The molecule has 2 N–H and O–H groups in total. The number of carbonyl (C=O) groups excluding carboxylic acids is 1. The van der Waals surface area contributed by atoms with Gasteiger partial charge in [0.25, 0.3) is 0 Å². The van der Waals surface area contributed by atoms with Gasteiger partial charge in [0.05, 0.1) is 6.61 Å². The number of rotatable bonds is 5. The zero-order valence-electron chi connectivity index (χ0n) is 10.4. The van der Waals surface area contributed by atoms with Crippen LogP contribution in [0.3, 0.4) is 0 Å². The smallest absolute Gasteiger partial charge is 0.245 e. The first-order valence-corrected chi connectivity index (χ1v) is 7.07. The maximum absolute atomic E-state index is 12.3.